The van der Waals surface area contributed by atoms with E-state index in [9.17, 15) is 4.79 Å². The summed E-state index contributed by atoms with van der Waals surface area (Å²) in [5, 5.41) is 9.34. The molecule has 0 radical (unpaired) electrons. The Kier molecular flexibility index (Phi) is 6.22. The van der Waals surface area contributed by atoms with E-state index in [4.69, 9.17) is 9.47 Å². The average Bonchev–Trinajstić information content (AvgIpc) is 3.27. The number of anilines is 1. The number of nitrogens with zero attached hydrogens (tertiary/aromatic N) is 4. The Labute approximate surface area is 202 Å². The third-order valence-corrected chi connectivity index (χ3v) is 6.80. The third-order valence-electron chi connectivity index (χ3n) is 5.79. The van der Waals surface area contributed by atoms with Crippen LogP contribution in [0.4, 0.5) is 5.69 Å². The van der Waals surface area contributed by atoms with E-state index in [-0.39, 0.29) is 17.7 Å². The summed E-state index contributed by atoms with van der Waals surface area (Å²) in [7, 11) is 3.54. The van der Waals surface area contributed by atoms with Crippen LogP contribution in [0.3, 0.4) is 0 Å². The van der Waals surface area contributed by atoms with Gasteiger partial charge in [-0.1, -0.05) is 54.2 Å². The van der Waals surface area contributed by atoms with Gasteiger partial charge in [-0.15, -0.1) is 10.2 Å². The number of rotatable bonds is 6. The molecule has 2 heterocycles. The first-order valence-corrected chi connectivity index (χ1v) is 11.9. The highest BCUT2D eigenvalue weighted by Gasteiger charge is 2.33. The Morgan fingerprint density at radius 2 is 1.76 bits per heavy atom. The zero-order valence-electron chi connectivity index (χ0n) is 18.9. The van der Waals surface area contributed by atoms with Crippen molar-refractivity contribution in [2.24, 2.45) is 7.05 Å². The van der Waals surface area contributed by atoms with Gasteiger partial charge in [0.15, 0.2) is 11.0 Å². The molecule has 4 aromatic rings. The molecule has 34 heavy (non-hydrogen) atoms. The van der Waals surface area contributed by atoms with Crippen molar-refractivity contribution in [1.82, 2.24) is 14.8 Å². The number of hydrogen-bond acceptors (Lipinski definition) is 6. The van der Waals surface area contributed by atoms with E-state index in [1.165, 1.54) is 11.8 Å². The Balaban J connectivity index is 1.37. The summed E-state index contributed by atoms with van der Waals surface area (Å²) in [6, 6.07) is 25.1. The van der Waals surface area contributed by atoms with Crippen molar-refractivity contribution in [3.63, 3.8) is 0 Å². The lowest BCUT2D eigenvalue weighted by Gasteiger charge is -2.37. The number of fused-ring (bicyclic) bond motifs is 1. The lowest BCUT2D eigenvalue weighted by molar-refractivity contribution is -0.117. The highest BCUT2D eigenvalue weighted by molar-refractivity contribution is 7.99. The summed E-state index contributed by atoms with van der Waals surface area (Å²) >= 11 is 1.38. The molecule has 3 aromatic carbocycles. The highest BCUT2D eigenvalue weighted by atomic mass is 32.2. The van der Waals surface area contributed by atoms with Crippen LogP contribution in [0.15, 0.2) is 84.0 Å². The van der Waals surface area contributed by atoms with Crippen LogP contribution in [0.5, 0.6) is 11.5 Å². The Morgan fingerprint density at radius 3 is 2.53 bits per heavy atom. The van der Waals surface area contributed by atoms with Crippen molar-refractivity contribution >= 4 is 23.4 Å². The van der Waals surface area contributed by atoms with Gasteiger partial charge in [0.1, 0.15) is 18.1 Å². The second-order valence-corrected chi connectivity index (χ2v) is 8.79. The zero-order valence-corrected chi connectivity index (χ0v) is 19.7. The number of thioether (sulfide) groups is 1. The van der Waals surface area contributed by atoms with Crippen molar-refractivity contribution in [3.05, 3.63) is 84.4 Å². The van der Waals surface area contributed by atoms with Gasteiger partial charge in [0.05, 0.1) is 24.6 Å². The van der Waals surface area contributed by atoms with Crippen LogP contribution in [0, 0.1) is 0 Å². The predicted molar refractivity (Wildman–Crippen MR) is 132 cm³/mol. The summed E-state index contributed by atoms with van der Waals surface area (Å²) < 4.78 is 13.1. The molecule has 5 rings (SSSR count). The van der Waals surface area contributed by atoms with Crippen molar-refractivity contribution in [3.8, 4) is 22.9 Å². The van der Waals surface area contributed by atoms with Gasteiger partial charge < -0.3 is 14.0 Å². The minimum Gasteiger partial charge on any atom is -0.497 e. The van der Waals surface area contributed by atoms with E-state index in [1.54, 1.807) is 7.11 Å². The van der Waals surface area contributed by atoms with Crippen LogP contribution < -0.4 is 14.4 Å². The molecule has 0 saturated heterocycles. The first-order valence-electron chi connectivity index (χ1n) is 10.9. The van der Waals surface area contributed by atoms with Gasteiger partial charge in [-0.3, -0.25) is 9.69 Å². The van der Waals surface area contributed by atoms with Crippen molar-refractivity contribution in [2.45, 2.75) is 11.2 Å². The molecule has 1 amide bonds. The minimum absolute atomic E-state index is 0.0106. The molecule has 0 unspecified atom stereocenters. The molecule has 1 aliphatic heterocycles. The molecule has 7 nitrogen and oxygen atoms in total. The molecule has 0 spiro atoms. The molecule has 0 saturated carbocycles. The summed E-state index contributed by atoms with van der Waals surface area (Å²) in [5.74, 6) is 2.45. The van der Waals surface area contributed by atoms with Gasteiger partial charge in [0.2, 0.25) is 5.91 Å². The van der Waals surface area contributed by atoms with E-state index in [1.807, 2.05) is 95.4 Å². The van der Waals surface area contributed by atoms with Crippen LogP contribution in [0.2, 0.25) is 0 Å². The van der Waals surface area contributed by atoms with Crippen LogP contribution in [-0.4, -0.2) is 40.1 Å². The van der Waals surface area contributed by atoms with Crippen molar-refractivity contribution < 1.29 is 14.3 Å². The summed E-state index contributed by atoms with van der Waals surface area (Å²) in [4.78, 5) is 15.4. The van der Waals surface area contributed by atoms with Gasteiger partial charge in [-0.25, -0.2) is 0 Å². The molecular formula is C26H24N4O3S. The normalized spacial score (nSPS) is 14.9. The first kappa shape index (κ1) is 22.0. The number of benzene rings is 3. The number of para-hydroxylation sites is 2. The standard InChI is InChI=1S/C26H24N4O3S/c1-29-25(19-12-14-20(32-2)15-13-19)27-28-26(29)34-17-24(31)30-21-10-6-7-11-23(21)33-16-22(30)18-8-4-3-5-9-18/h3-15,22H,16-17H2,1-2H3/t22-/m1/s1. The van der Waals surface area contributed by atoms with Gasteiger partial charge >= 0.3 is 0 Å². The minimum atomic E-state index is -0.196. The van der Waals surface area contributed by atoms with E-state index in [2.05, 4.69) is 10.2 Å². The largest absolute Gasteiger partial charge is 0.497 e. The number of ether oxygens (including phenoxy) is 2. The fourth-order valence-electron chi connectivity index (χ4n) is 4.05. The average molecular weight is 473 g/mol. The van der Waals surface area contributed by atoms with E-state index < -0.39 is 0 Å². The van der Waals surface area contributed by atoms with Crippen LogP contribution in [0.25, 0.3) is 11.4 Å². The van der Waals surface area contributed by atoms with E-state index in [0.29, 0.717) is 17.5 Å². The second kappa shape index (κ2) is 9.61. The second-order valence-electron chi connectivity index (χ2n) is 7.85. The summed E-state index contributed by atoms with van der Waals surface area (Å²) in [5.41, 5.74) is 2.75. The van der Waals surface area contributed by atoms with Crippen molar-refractivity contribution in [1.29, 1.82) is 0 Å². The van der Waals surface area contributed by atoms with Crippen molar-refractivity contribution in [2.75, 3.05) is 24.4 Å². The fraction of sp³-hybridized carbons (Fsp3) is 0.192. The molecule has 0 bridgehead atoms. The van der Waals surface area contributed by atoms with Crippen LogP contribution >= 0.6 is 11.8 Å². The Bertz CT molecular complexity index is 1290. The highest BCUT2D eigenvalue weighted by Crippen LogP contribution is 2.40. The van der Waals surface area contributed by atoms with Crippen LogP contribution in [0.1, 0.15) is 11.6 Å². The maximum Gasteiger partial charge on any atom is 0.238 e. The molecule has 0 N–H and O–H groups in total. The molecule has 1 aromatic heterocycles. The molecular weight excluding hydrogens is 448 g/mol. The number of aromatic nitrogens is 3. The van der Waals surface area contributed by atoms with Gasteiger partial charge in [-0.2, -0.15) is 0 Å². The topological polar surface area (TPSA) is 69.5 Å². The number of methoxy groups -OCH3 is 1. The number of carbonyl (C=O) groups excluding carboxylic acids is 1. The van der Waals surface area contributed by atoms with Gasteiger partial charge in [0, 0.05) is 12.6 Å². The number of carbonyl (C=O) groups is 1. The monoisotopic (exact) mass is 472 g/mol. The lowest BCUT2D eigenvalue weighted by atomic mass is 10.0. The zero-order chi connectivity index (χ0) is 23.5. The predicted octanol–water partition coefficient (Wildman–Crippen LogP) is 4.75. The molecule has 172 valence electrons. The first-order chi connectivity index (χ1) is 16.7. The molecule has 1 atom stereocenters. The van der Waals surface area contributed by atoms with Crippen LogP contribution in [-0.2, 0) is 11.8 Å². The molecule has 0 aliphatic carbocycles. The maximum absolute atomic E-state index is 13.6. The molecule has 1 aliphatic rings. The number of amides is 1. The summed E-state index contributed by atoms with van der Waals surface area (Å²) in [6.07, 6.45) is 0. The smallest absolute Gasteiger partial charge is 0.238 e. The molecule has 8 heteroatoms. The Hall–Kier alpha value is -3.78. The maximum atomic E-state index is 13.6. The third kappa shape index (κ3) is 4.24. The van der Waals surface area contributed by atoms with Gasteiger partial charge in [0.25, 0.3) is 0 Å². The summed E-state index contributed by atoms with van der Waals surface area (Å²) in [6.45, 7) is 0.406. The number of hydrogen-bond donors (Lipinski definition) is 0. The van der Waals surface area contributed by atoms with Gasteiger partial charge in [-0.05, 0) is 42.0 Å². The molecule has 0 fully saturated rings. The van der Waals surface area contributed by atoms with E-state index >= 15 is 0 Å². The lowest BCUT2D eigenvalue weighted by Crippen LogP contribution is -2.42. The Morgan fingerprint density at radius 1 is 1.03 bits per heavy atom. The quantitative estimate of drug-likeness (QED) is 0.377. The SMILES string of the molecule is COc1ccc(-c2nnc(SCC(=O)N3c4ccccc4OC[C@@H]3c3ccccc3)n2C)cc1. The van der Waals surface area contributed by atoms with E-state index in [0.717, 1.165) is 28.4 Å². The fourth-order valence-corrected chi connectivity index (χ4v) is 4.82.